The first kappa shape index (κ1) is 14.1. The monoisotopic (exact) mass is 273 g/mol. The minimum atomic E-state index is -0.355. The average Bonchev–Trinajstić information content (AvgIpc) is 2.79. The normalized spacial score (nSPS) is 10.3. The fourth-order valence-corrected chi connectivity index (χ4v) is 2.05. The molecule has 0 bridgehead atoms. The molecule has 0 unspecified atom stereocenters. The number of nitrogens with zero attached hydrogens (tertiary/aromatic N) is 2. The van der Waals surface area contributed by atoms with Crippen molar-refractivity contribution in [3.63, 3.8) is 0 Å². The number of nitrogens with one attached hydrogen (secondary N) is 1. The molecule has 2 aromatic rings. The highest BCUT2D eigenvalue weighted by Crippen LogP contribution is 2.22. The zero-order valence-electron chi connectivity index (χ0n) is 12.0. The first-order chi connectivity index (χ1) is 9.65. The van der Waals surface area contributed by atoms with Crippen molar-refractivity contribution in [3.8, 4) is 0 Å². The first-order valence-corrected chi connectivity index (χ1v) is 6.64. The minimum Gasteiger partial charge on any atom is -0.465 e. The molecule has 0 aliphatic heterocycles. The molecular weight excluding hydrogens is 254 g/mol. The van der Waals surface area contributed by atoms with E-state index in [9.17, 15) is 4.79 Å². The third-order valence-corrected chi connectivity index (χ3v) is 2.93. The number of carbonyl (C=O) groups excluding carboxylic acids is 1. The van der Waals surface area contributed by atoms with Crippen molar-refractivity contribution in [1.82, 2.24) is 9.78 Å². The molecule has 0 saturated carbocycles. The summed E-state index contributed by atoms with van der Waals surface area (Å²) in [6.07, 6.45) is 0.994. The van der Waals surface area contributed by atoms with E-state index in [4.69, 9.17) is 4.74 Å². The standard InChI is InChI=1S/C15H19N3O2/c1-4-9-18-14(10-11(2)17-18)16-13-8-6-5-7-12(13)15(19)20-3/h5-8,10,16H,4,9H2,1-3H3. The van der Waals surface area contributed by atoms with Gasteiger partial charge in [0.05, 0.1) is 24.1 Å². The van der Waals surface area contributed by atoms with Crippen molar-refractivity contribution in [2.75, 3.05) is 12.4 Å². The van der Waals surface area contributed by atoms with Crippen LogP contribution < -0.4 is 5.32 Å². The number of aryl methyl sites for hydroxylation is 2. The maximum absolute atomic E-state index is 11.8. The lowest BCUT2D eigenvalue weighted by Crippen LogP contribution is -2.08. The van der Waals surface area contributed by atoms with E-state index in [2.05, 4.69) is 17.3 Å². The molecule has 0 aliphatic carbocycles. The van der Waals surface area contributed by atoms with Crippen LogP contribution in [0.5, 0.6) is 0 Å². The number of ether oxygens (including phenoxy) is 1. The number of hydrogen-bond acceptors (Lipinski definition) is 4. The summed E-state index contributed by atoms with van der Waals surface area (Å²) in [4.78, 5) is 11.8. The van der Waals surface area contributed by atoms with Gasteiger partial charge in [0.15, 0.2) is 0 Å². The summed E-state index contributed by atoms with van der Waals surface area (Å²) in [6, 6.07) is 9.24. The second-order valence-electron chi connectivity index (χ2n) is 4.56. The highest BCUT2D eigenvalue weighted by molar-refractivity contribution is 5.96. The highest BCUT2D eigenvalue weighted by Gasteiger charge is 2.13. The second kappa shape index (κ2) is 6.23. The smallest absolute Gasteiger partial charge is 0.339 e. The summed E-state index contributed by atoms with van der Waals surface area (Å²) >= 11 is 0. The average molecular weight is 273 g/mol. The van der Waals surface area contributed by atoms with Gasteiger partial charge in [0.2, 0.25) is 0 Å². The number of anilines is 2. The summed E-state index contributed by atoms with van der Waals surface area (Å²) in [7, 11) is 1.38. The molecule has 0 atom stereocenters. The van der Waals surface area contributed by atoms with Crippen LogP contribution in [0, 0.1) is 6.92 Å². The predicted octanol–water partition coefficient (Wildman–Crippen LogP) is 3.13. The van der Waals surface area contributed by atoms with Gasteiger partial charge in [-0.3, -0.25) is 0 Å². The number of carbonyl (C=O) groups is 1. The van der Waals surface area contributed by atoms with Crippen LogP contribution in [0.4, 0.5) is 11.5 Å². The molecule has 0 aliphatic rings. The number of para-hydroxylation sites is 1. The van der Waals surface area contributed by atoms with Crippen molar-refractivity contribution < 1.29 is 9.53 Å². The number of esters is 1. The quantitative estimate of drug-likeness (QED) is 0.850. The summed E-state index contributed by atoms with van der Waals surface area (Å²) in [5.74, 6) is 0.520. The topological polar surface area (TPSA) is 56.2 Å². The minimum absolute atomic E-state index is 0.355. The Hall–Kier alpha value is -2.30. The SMILES string of the molecule is CCCn1nc(C)cc1Nc1ccccc1C(=O)OC. The van der Waals surface area contributed by atoms with E-state index in [0.717, 1.165) is 30.2 Å². The van der Waals surface area contributed by atoms with Gasteiger partial charge in [-0.15, -0.1) is 0 Å². The van der Waals surface area contributed by atoms with Crippen LogP contribution >= 0.6 is 0 Å². The van der Waals surface area contributed by atoms with Crippen LogP contribution in [-0.2, 0) is 11.3 Å². The number of hydrogen-bond donors (Lipinski definition) is 1. The Bertz CT molecular complexity index is 605. The number of aromatic nitrogens is 2. The zero-order chi connectivity index (χ0) is 14.5. The molecule has 1 N–H and O–H groups in total. The molecule has 5 heteroatoms. The first-order valence-electron chi connectivity index (χ1n) is 6.64. The Morgan fingerprint density at radius 2 is 2.15 bits per heavy atom. The van der Waals surface area contributed by atoms with Crippen LogP contribution in [0.1, 0.15) is 29.4 Å². The molecule has 0 spiro atoms. The van der Waals surface area contributed by atoms with Gasteiger partial charge < -0.3 is 10.1 Å². The second-order valence-corrected chi connectivity index (χ2v) is 4.56. The van der Waals surface area contributed by atoms with Gasteiger partial charge in [-0.2, -0.15) is 5.10 Å². The lowest BCUT2D eigenvalue weighted by atomic mass is 10.2. The Morgan fingerprint density at radius 1 is 1.40 bits per heavy atom. The van der Waals surface area contributed by atoms with Crippen LogP contribution in [-0.4, -0.2) is 22.9 Å². The van der Waals surface area contributed by atoms with E-state index in [1.807, 2.05) is 35.9 Å². The van der Waals surface area contributed by atoms with E-state index in [1.54, 1.807) is 6.07 Å². The molecule has 0 fully saturated rings. The van der Waals surface area contributed by atoms with Gasteiger partial charge in [0, 0.05) is 12.6 Å². The van der Waals surface area contributed by atoms with Crippen molar-refractivity contribution in [2.45, 2.75) is 26.8 Å². The molecule has 0 radical (unpaired) electrons. The van der Waals surface area contributed by atoms with Crippen molar-refractivity contribution in [1.29, 1.82) is 0 Å². The fraction of sp³-hybridized carbons (Fsp3) is 0.333. The van der Waals surface area contributed by atoms with Crippen molar-refractivity contribution in [2.24, 2.45) is 0 Å². The fourth-order valence-electron chi connectivity index (χ4n) is 2.05. The summed E-state index contributed by atoms with van der Waals surface area (Å²) in [6.45, 7) is 4.88. The number of benzene rings is 1. The number of methoxy groups -OCH3 is 1. The summed E-state index contributed by atoms with van der Waals surface area (Å²) < 4.78 is 6.70. The molecule has 20 heavy (non-hydrogen) atoms. The van der Waals surface area contributed by atoms with E-state index < -0.39 is 0 Å². The molecule has 1 aromatic heterocycles. The van der Waals surface area contributed by atoms with Crippen LogP contribution in [0.25, 0.3) is 0 Å². The Kier molecular flexibility index (Phi) is 4.40. The Morgan fingerprint density at radius 3 is 2.85 bits per heavy atom. The van der Waals surface area contributed by atoms with Gasteiger partial charge in [-0.05, 0) is 25.5 Å². The Balaban J connectivity index is 2.32. The van der Waals surface area contributed by atoms with Crippen LogP contribution in [0.15, 0.2) is 30.3 Å². The lowest BCUT2D eigenvalue weighted by Gasteiger charge is -2.12. The number of rotatable bonds is 5. The van der Waals surface area contributed by atoms with Crippen LogP contribution in [0.2, 0.25) is 0 Å². The van der Waals surface area contributed by atoms with Gasteiger partial charge >= 0.3 is 5.97 Å². The van der Waals surface area contributed by atoms with Gasteiger partial charge in [0.1, 0.15) is 5.82 Å². The molecule has 1 aromatic carbocycles. The predicted molar refractivity (Wildman–Crippen MR) is 78.3 cm³/mol. The van der Waals surface area contributed by atoms with E-state index >= 15 is 0 Å². The molecule has 0 amide bonds. The Labute approximate surface area is 118 Å². The van der Waals surface area contributed by atoms with E-state index in [1.165, 1.54) is 7.11 Å². The third-order valence-electron chi connectivity index (χ3n) is 2.93. The maximum atomic E-state index is 11.8. The maximum Gasteiger partial charge on any atom is 0.339 e. The zero-order valence-corrected chi connectivity index (χ0v) is 12.0. The van der Waals surface area contributed by atoms with Crippen molar-refractivity contribution >= 4 is 17.5 Å². The molecule has 2 rings (SSSR count). The summed E-state index contributed by atoms with van der Waals surface area (Å²) in [5.41, 5.74) is 2.17. The van der Waals surface area contributed by atoms with E-state index in [0.29, 0.717) is 5.56 Å². The summed E-state index contributed by atoms with van der Waals surface area (Å²) in [5, 5.41) is 7.69. The highest BCUT2D eigenvalue weighted by atomic mass is 16.5. The molecular formula is C15H19N3O2. The molecule has 5 nitrogen and oxygen atoms in total. The van der Waals surface area contributed by atoms with Gasteiger partial charge in [-0.1, -0.05) is 19.1 Å². The lowest BCUT2D eigenvalue weighted by molar-refractivity contribution is 0.0602. The third kappa shape index (κ3) is 2.99. The van der Waals surface area contributed by atoms with Gasteiger partial charge in [0.25, 0.3) is 0 Å². The molecule has 1 heterocycles. The molecule has 106 valence electrons. The van der Waals surface area contributed by atoms with Crippen molar-refractivity contribution in [3.05, 3.63) is 41.6 Å². The van der Waals surface area contributed by atoms with Crippen LogP contribution in [0.3, 0.4) is 0 Å². The molecule has 0 saturated heterocycles. The largest absolute Gasteiger partial charge is 0.465 e. The van der Waals surface area contributed by atoms with Gasteiger partial charge in [-0.25, -0.2) is 9.48 Å². The van der Waals surface area contributed by atoms with E-state index in [-0.39, 0.29) is 5.97 Å².